The van der Waals surface area contributed by atoms with Gasteiger partial charge in [0.2, 0.25) is 0 Å². The molecule has 0 unspecified atom stereocenters. The second kappa shape index (κ2) is 8.91. The maximum atomic E-state index is 12.5. The van der Waals surface area contributed by atoms with Gasteiger partial charge in [0.05, 0.1) is 0 Å². The summed E-state index contributed by atoms with van der Waals surface area (Å²) in [5.41, 5.74) is 3.44. The van der Waals surface area contributed by atoms with Crippen LogP contribution >= 0.6 is 0 Å². The number of nitrogens with zero attached hydrogens (tertiary/aromatic N) is 2. The zero-order chi connectivity index (χ0) is 23.5. The van der Waals surface area contributed by atoms with Gasteiger partial charge in [0.1, 0.15) is 17.2 Å². The minimum absolute atomic E-state index is 0.139. The van der Waals surface area contributed by atoms with Gasteiger partial charge in [-0.15, -0.1) is 10.2 Å². The third-order valence-electron chi connectivity index (χ3n) is 5.36. The van der Waals surface area contributed by atoms with Crippen molar-refractivity contribution in [1.29, 1.82) is 0 Å². The van der Waals surface area contributed by atoms with Crippen LogP contribution in [0.5, 0.6) is 11.5 Å². The first-order valence-corrected chi connectivity index (χ1v) is 10.6. The molecule has 0 aliphatic heterocycles. The molecule has 34 heavy (non-hydrogen) atoms. The highest BCUT2D eigenvalue weighted by molar-refractivity contribution is 6.05. The summed E-state index contributed by atoms with van der Waals surface area (Å²) in [4.78, 5) is 12.5. The van der Waals surface area contributed by atoms with Gasteiger partial charge >= 0.3 is 0 Å². The van der Waals surface area contributed by atoms with E-state index in [4.69, 9.17) is 0 Å². The van der Waals surface area contributed by atoms with Crippen LogP contribution in [0.15, 0.2) is 97.1 Å². The van der Waals surface area contributed by atoms with Crippen molar-refractivity contribution in [2.24, 2.45) is 0 Å². The fourth-order valence-corrected chi connectivity index (χ4v) is 3.62. The molecule has 0 atom stereocenters. The lowest BCUT2D eigenvalue weighted by atomic mass is 10.0. The summed E-state index contributed by atoms with van der Waals surface area (Å²) in [7, 11) is 0. The summed E-state index contributed by atoms with van der Waals surface area (Å²) in [6.45, 7) is 0. The number of phenolic OH excluding ortho intramolecular Hbond substituents is 2. The Morgan fingerprint density at radius 3 is 1.91 bits per heavy atom. The van der Waals surface area contributed by atoms with Gasteiger partial charge in [-0.1, -0.05) is 24.3 Å². The molecule has 0 spiro atoms. The first-order chi connectivity index (χ1) is 16.6. The lowest BCUT2D eigenvalue weighted by Gasteiger charge is -2.12. The third-order valence-corrected chi connectivity index (χ3v) is 5.36. The van der Waals surface area contributed by atoms with E-state index in [1.165, 1.54) is 12.1 Å². The molecule has 4 N–H and O–H groups in total. The van der Waals surface area contributed by atoms with E-state index < -0.39 is 0 Å². The molecule has 5 rings (SSSR count). The van der Waals surface area contributed by atoms with Gasteiger partial charge in [-0.3, -0.25) is 4.79 Å². The Hall–Kier alpha value is -4.91. The zero-order valence-electron chi connectivity index (χ0n) is 17.9. The molecular weight excluding hydrogens is 428 g/mol. The predicted molar refractivity (Wildman–Crippen MR) is 132 cm³/mol. The standard InChI is InChI=1S/C27H20N4O3/c32-21-13-7-17(8-14-21)25-23-3-1-2-4-24(23)26(31-30-25)28-19-9-5-18(6-10-19)27(34)29-20-11-15-22(33)16-12-20/h1-16,32-33H,(H,28,31)(H,29,34). The molecule has 7 heteroatoms. The molecule has 0 bridgehead atoms. The van der Waals surface area contributed by atoms with Gasteiger partial charge in [0.15, 0.2) is 5.82 Å². The number of amides is 1. The molecule has 0 aliphatic carbocycles. The minimum atomic E-state index is -0.249. The van der Waals surface area contributed by atoms with Crippen molar-refractivity contribution in [2.45, 2.75) is 0 Å². The Morgan fingerprint density at radius 1 is 0.647 bits per heavy atom. The van der Waals surface area contributed by atoms with E-state index in [2.05, 4.69) is 20.8 Å². The van der Waals surface area contributed by atoms with E-state index >= 15 is 0 Å². The third kappa shape index (κ3) is 4.35. The van der Waals surface area contributed by atoms with Crippen molar-refractivity contribution in [3.8, 4) is 22.8 Å². The summed E-state index contributed by atoms with van der Waals surface area (Å²) in [6, 6.07) is 28.0. The minimum Gasteiger partial charge on any atom is -0.508 e. The average molecular weight is 448 g/mol. The fourth-order valence-electron chi connectivity index (χ4n) is 3.62. The van der Waals surface area contributed by atoms with Gasteiger partial charge in [0.25, 0.3) is 5.91 Å². The number of aromatic nitrogens is 2. The van der Waals surface area contributed by atoms with Crippen molar-refractivity contribution >= 4 is 33.9 Å². The van der Waals surface area contributed by atoms with E-state index in [9.17, 15) is 15.0 Å². The van der Waals surface area contributed by atoms with E-state index in [0.717, 1.165) is 27.7 Å². The van der Waals surface area contributed by atoms with Gasteiger partial charge in [-0.2, -0.15) is 0 Å². The number of carbonyl (C=O) groups excluding carboxylic acids is 1. The molecular formula is C27H20N4O3. The molecule has 1 aromatic heterocycles. The highest BCUT2D eigenvalue weighted by atomic mass is 16.3. The van der Waals surface area contributed by atoms with Gasteiger partial charge in [-0.25, -0.2) is 0 Å². The largest absolute Gasteiger partial charge is 0.508 e. The zero-order valence-corrected chi connectivity index (χ0v) is 17.9. The molecule has 0 fully saturated rings. The number of fused-ring (bicyclic) bond motifs is 1. The van der Waals surface area contributed by atoms with Gasteiger partial charge in [-0.05, 0) is 72.8 Å². The number of carbonyl (C=O) groups is 1. The maximum absolute atomic E-state index is 12.5. The lowest BCUT2D eigenvalue weighted by molar-refractivity contribution is 0.102. The Morgan fingerprint density at radius 2 is 1.24 bits per heavy atom. The van der Waals surface area contributed by atoms with Crippen molar-refractivity contribution in [1.82, 2.24) is 10.2 Å². The molecule has 0 radical (unpaired) electrons. The Kier molecular flexibility index (Phi) is 5.50. The van der Waals surface area contributed by atoms with Crippen LogP contribution in [0.4, 0.5) is 17.2 Å². The second-order valence-corrected chi connectivity index (χ2v) is 7.69. The number of benzene rings is 4. The number of hydrogen-bond donors (Lipinski definition) is 4. The average Bonchev–Trinajstić information content (AvgIpc) is 2.87. The quantitative estimate of drug-likeness (QED) is 0.257. The first-order valence-electron chi connectivity index (χ1n) is 10.6. The summed E-state index contributed by atoms with van der Waals surface area (Å²) in [5.74, 6) is 0.680. The fraction of sp³-hybridized carbons (Fsp3) is 0. The van der Waals surface area contributed by atoms with Crippen molar-refractivity contribution in [3.05, 3.63) is 103 Å². The number of aromatic hydroxyl groups is 2. The molecule has 1 heterocycles. The highest BCUT2D eigenvalue weighted by Crippen LogP contribution is 2.31. The summed E-state index contributed by atoms with van der Waals surface area (Å²) < 4.78 is 0. The second-order valence-electron chi connectivity index (χ2n) is 7.69. The molecule has 4 aromatic carbocycles. The van der Waals surface area contributed by atoms with E-state index in [-0.39, 0.29) is 17.4 Å². The van der Waals surface area contributed by atoms with Crippen LogP contribution in [0.3, 0.4) is 0 Å². The molecule has 0 saturated carbocycles. The molecule has 5 aromatic rings. The summed E-state index contributed by atoms with van der Waals surface area (Å²) in [6.07, 6.45) is 0. The summed E-state index contributed by atoms with van der Waals surface area (Å²) in [5, 5.41) is 35.7. The maximum Gasteiger partial charge on any atom is 0.255 e. The van der Waals surface area contributed by atoms with Crippen molar-refractivity contribution < 1.29 is 15.0 Å². The number of hydrogen-bond acceptors (Lipinski definition) is 6. The molecule has 7 nitrogen and oxygen atoms in total. The number of phenols is 2. The van der Waals surface area contributed by atoms with Gasteiger partial charge in [0, 0.05) is 33.3 Å². The molecule has 0 saturated heterocycles. The molecule has 0 aliphatic rings. The number of anilines is 3. The normalized spacial score (nSPS) is 10.7. The number of rotatable bonds is 5. The van der Waals surface area contributed by atoms with Crippen LogP contribution in [0.25, 0.3) is 22.0 Å². The predicted octanol–water partition coefficient (Wildman–Crippen LogP) is 5.70. The van der Waals surface area contributed by atoms with Crippen molar-refractivity contribution in [2.75, 3.05) is 10.6 Å². The van der Waals surface area contributed by atoms with E-state index in [1.54, 1.807) is 60.7 Å². The SMILES string of the molecule is O=C(Nc1ccc(O)cc1)c1ccc(Nc2nnc(-c3ccc(O)cc3)c3ccccc23)cc1. The Bertz CT molecular complexity index is 1470. The van der Waals surface area contributed by atoms with E-state index in [1.807, 2.05) is 24.3 Å². The monoisotopic (exact) mass is 448 g/mol. The van der Waals surface area contributed by atoms with Crippen LogP contribution in [0, 0.1) is 0 Å². The first kappa shape index (κ1) is 21.0. The van der Waals surface area contributed by atoms with Gasteiger partial charge < -0.3 is 20.8 Å². The highest BCUT2D eigenvalue weighted by Gasteiger charge is 2.12. The summed E-state index contributed by atoms with van der Waals surface area (Å²) >= 11 is 0. The smallest absolute Gasteiger partial charge is 0.255 e. The van der Waals surface area contributed by atoms with Crippen LogP contribution in [0.2, 0.25) is 0 Å². The molecule has 1 amide bonds. The van der Waals surface area contributed by atoms with Crippen LogP contribution in [-0.4, -0.2) is 26.3 Å². The Labute approximate surface area is 195 Å². The molecule has 166 valence electrons. The van der Waals surface area contributed by atoms with E-state index in [0.29, 0.717) is 17.1 Å². The van der Waals surface area contributed by atoms with Crippen LogP contribution in [0.1, 0.15) is 10.4 Å². The number of nitrogens with one attached hydrogen (secondary N) is 2. The van der Waals surface area contributed by atoms with Crippen molar-refractivity contribution in [3.63, 3.8) is 0 Å². The Balaban J connectivity index is 1.38. The van der Waals surface area contributed by atoms with Crippen LogP contribution in [-0.2, 0) is 0 Å². The van der Waals surface area contributed by atoms with Crippen LogP contribution < -0.4 is 10.6 Å². The lowest BCUT2D eigenvalue weighted by Crippen LogP contribution is -2.11. The topological polar surface area (TPSA) is 107 Å².